The summed E-state index contributed by atoms with van der Waals surface area (Å²) in [6.07, 6.45) is 2.16. The number of carbonyl (C=O) groups excluding carboxylic acids is 1. The second kappa shape index (κ2) is 7.02. The third-order valence-corrected chi connectivity index (χ3v) is 3.61. The molecule has 4 heteroatoms. The predicted molar refractivity (Wildman–Crippen MR) is 80.9 cm³/mol. The van der Waals surface area contributed by atoms with Crippen LogP contribution in [0.4, 0.5) is 11.4 Å². The minimum absolute atomic E-state index is 0.00750. The van der Waals surface area contributed by atoms with Crippen molar-refractivity contribution >= 4 is 17.3 Å². The van der Waals surface area contributed by atoms with E-state index in [1.165, 1.54) is 0 Å². The normalized spacial score (nSPS) is 10.7. The van der Waals surface area contributed by atoms with Crippen molar-refractivity contribution in [2.45, 2.75) is 33.6 Å². The molecule has 1 amide bonds. The van der Waals surface area contributed by atoms with Crippen molar-refractivity contribution in [2.75, 3.05) is 24.6 Å². The van der Waals surface area contributed by atoms with E-state index >= 15 is 0 Å². The average Bonchev–Trinajstić information content (AvgIpc) is 2.39. The van der Waals surface area contributed by atoms with Gasteiger partial charge in [0.2, 0.25) is 0 Å². The van der Waals surface area contributed by atoms with Crippen LogP contribution in [0.2, 0.25) is 0 Å². The van der Waals surface area contributed by atoms with Gasteiger partial charge in [-0.05, 0) is 31.0 Å². The van der Waals surface area contributed by atoms with Gasteiger partial charge >= 0.3 is 0 Å². The largest absolute Gasteiger partial charge is 0.399 e. The van der Waals surface area contributed by atoms with E-state index in [0.29, 0.717) is 29.4 Å². The van der Waals surface area contributed by atoms with Crippen LogP contribution in [0.5, 0.6) is 0 Å². The van der Waals surface area contributed by atoms with Gasteiger partial charge in [-0.15, -0.1) is 0 Å². The molecule has 106 valence electrons. The fraction of sp³-hybridized carbons (Fsp3) is 0.533. The SMILES string of the molecule is CCC(CC)CN(CC)C(=O)c1ccc(N)cc1N. The first-order valence-electron chi connectivity index (χ1n) is 6.97. The fourth-order valence-electron chi connectivity index (χ4n) is 2.16. The summed E-state index contributed by atoms with van der Waals surface area (Å²) in [5.74, 6) is 0.533. The summed E-state index contributed by atoms with van der Waals surface area (Å²) >= 11 is 0. The lowest BCUT2D eigenvalue weighted by Gasteiger charge is -2.26. The summed E-state index contributed by atoms with van der Waals surface area (Å²) in [5.41, 5.74) is 13.1. The standard InChI is InChI=1S/C15H25N3O/c1-4-11(5-2)10-18(6-3)15(19)13-8-7-12(16)9-14(13)17/h7-9,11H,4-6,10,16-17H2,1-3H3. The summed E-state index contributed by atoms with van der Waals surface area (Å²) in [6.45, 7) is 7.78. The second-order valence-electron chi connectivity index (χ2n) is 4.87. The maximum Gasteiger partial charge on any atom is 0.255 e. The summed E-state index contributed by atoms with van der Waals surface area (Å²) in [7, 11) is 0. The van der Waals surface area contributed by atoms with Gasteiger partial charge in [-0.3, -0.25) is 4.79 Å². The molecule has 0 aliphatic rings. The molecule has 19 heavy (non-hydrogen) atoms. The topological polar surface area (TPSA) is 72.3 Å². The molecule has 0 spiro atoms. The first-order chi connectivity index (χ1) is 9.03. The third-order valence-electron chi connectivity index (χ3n) is 3.61. The van der Waals surface area contributed by atoms with Gasteiger partial charge in [0, 0.05) is 24.5 Å². The maximum atomic E-state index is 12.5. The zero-order valence-electron chi connectivity index (χ0n) is 12.1. The Bertz CT molecular complexity index is 427. The molecule has 1 rings (SSSR count). The Morgan fingerprint density at radius 3 is 2.32 bits per heavy atom. The molecule has 0 saturated heterocycles. The van der Waals surface area contributed by atoms with Crippen molar-refractivity contribution < 1.29 is 4.79 Å². The van der Waals surface area contributed by atoms with E-state index in [1.807, 2.05) is 11.8 Å². The van der Waals surface area contributed by atoms with Crippen LogP contribution in [-0.4, -0.2) is 23.9 Å². The quantitative estimate of drug-likeness (QED) is 0.775. The van der Waals surface area contributed by atoms with E-state index in [9.17, 15) is 4.79 Å². The Hall–Kier alpha value is -1.71. The smallest absolute Gasteiger partial charge is 0.255 e. The van der Waals surface area contributed by atoms with E-state index < -0.39 is 0 Å². The molecule has 0 aliphatic heterocycles. The van der Waals surface area contributed by atoms with Crippen molar-refractivity contribution in [1.82, 2.24) is 4.90 Å². The molecule has 0 radical (unpaired) electrons. The molecule has 4 N–H and O–H groups in total. The highest BCUT2D eigenvalue weighted by Crippen LogP contribution is 2.19. The lowest BCUT2D eigenvalue weighted by Crippen LogP contribution is -2.35. The second-order valence-corrected chi connectivity index (χ2v) is 4.87. The van der Waals surface area contributed by atoms with Gasteiger partial charge in [-0.1, -0.05) is 26.7 Å². The first kappa shape index (κ1) is 15.3. The Morgan fingerprint density at radius 2 is 1.84 bits per heavy atom. The Labute approximate surface area is 115 Å². The van der Waals surface area contributed by atoms with Crippen LogP contribution < -0.4 is 11.5 Å². The molecule has 0 bridgehead atoms. The van der Waals surface area contributed by atoms with Crippen LogP contribution in [0.15, 0.2) is 18.2 Å². The molecule has 0 heterocycles. The molecular formula is C15H25N3O. The third kappa shape index (κ3) is 3.88. The van der Waals surface area contributed by atoms with Gasteiger partial charge in [-0.2, -0.15) is 0 Å². The van der Waals surface area contributed by atoms with Gasteiger partial charge in [-0.25, -0.2) is 0 Å². The Kier molecular flexibility index (Phi) is 5.67. The number of hydrogen-bond donors (Lipinski definition) is 2. The monoisotopic (exact) mass is 263 g/mol. The maximum absolute atomic E-state index is 12.5. The number of hydrogen-bond acceptors (Lipinski definition) is 3. The highest BCUT2D eigenvalue weighted by Gasteiger charge is 2.19. The summed E-state index contributed by atoms with van der Waals surface area (Å²) in [4.78, 5) is 14.3. The molecule has 1 aromatic rings. The van der Waals surface area contributed by atoms with E-state index in [-0.39, 0.29) is 5.91 Å². The summed E-state index contributed by atoms with van der Waals surface area (Å²) < 4.78 is 0. The Morgan fingerprint density at radius 1 is 1.21 bits per heavy atom. The minimum Gasteiger partial charge on any atom is -0.399 e. The van der Waals surface area contributed by atoms with Gasteiger partial charge in [0.25, 0.3) is 5.91 Å². The summed E-state index contributed by atoms with van der Waals surface area (Å²) in [6, 6.07) is 5.06. The fourth-order valence-corrected chi connectivity index (χ4v) is 2.16. The highest BCUT2D eigenvalue weighted by atomic mass is 16.2. The predicted octanol–water partition coefficient (Wildman–Crippen LogP) is 2.75. The first-order valence-corrected chi connectivity index (χ1v) is 6.97. The lowest BCUT2D eigenvalue weighted by atomic mass is 10.0. The number of nitrogens with zero attached hydrogens (tertiary/aromatic N) is 1. The van der Waals surface area contributed by atoms with Crippen LogP contribution in [-0.2, 0) is 0 Å². The van der Waals surface area contributed by atoms with Gasteiger partial charge in [0.1, 0.15) is 0 Å². The Balaban J connectivity index is 2.89. The molecule has 1 aromatic carbocycles. The molecule has 0 aliphatic carbocycles. The van der Waals surface area contributed by atoms with E-state index in [1.54, 1.807) is 18.2 Å². The molecular weight excluding hydrogens is 238 g/mol. The molecule has 0 unspecified atom stereocenters. The zero-order chi connectivity index (χ0) is 14.4. The average molecular weight is 263 g/mol. The van der Waals surface area contributed by atoms with Gasteiger partial charge < -0.3 is 16.4 Å². The number of anilines is 2. The van der Waals surface area contributed by atoms with E-state index in [4.69, 9.17) is 11.5 Å². The zero-order valence-corrected chi connectivity index (χ0v) is 12.1. The van der Waals surface area contributed by atoms with Crippen LogP contribution in [0.3, 0.4) is 0 Å². The lowest BCUT2D eigenvalue weighted by molar-refractivity contribution is 0.0736. The molecule has 0 saturated carbocycles. The van der Waals surface area contributed by atoms with Crippen molar-refractivity contribution in [1.29, 1.82) is 0 Å². The van der Waals surface area contributed by atoms with Crippen LogP contribution >= 0.6 is 0 Å². The van der Waals surface area contributed by atoms with E-state index in [0.717, 1.165) is 19.4 Å². The number of carbonyl (C=O) groups is 1. The number of benzene rings is 1. The number of amides is 1. The van der Waals surface area contributed by atoms with Crippen LogP contribution in [0.1, 0.15) is 44.0 Å². The van der Waals surface area contributed by atoms with Crippen LogP contribution in [0.25, 0.3) is 0 Å². The van der Waals surface area contributed by atoms with Gasteiger partial charge in [0.05, 0.1) is 5.56 Å². The van der Waals surface area contributed by atoms with Gasteiger partial charge in [0.15, 0.2) is 0 Å². The van der Waals surface area contributed by atoms with Crippen molar-refractivity contribution in [3.05, 3.63) is 23.8 Å². The van der Waals surface area contributed by atoms with E-state index in [2.05, 4.69) is 13.8 Å². The highest BCUT2D eigenvalue weighted by molar-refractivity contribution is 5.99. The number of nitrogen functional groups attached to an aromatic ring is 2. The van der Waals surface area contributed by atoms with Crippen molar-refractivity contribution in [3.63, 3.8) is 0 Å². The van der Waals surface area contributed by atoms with Crippen LogP contribution in [0, 0.1) is 5.92 Å². The molecule has 4 nitrogen and oxygen atoms in total. The molecule has 0 fully saturated rings. The minimum atomic E-state index is -0.00750. The molecule has 0 atom stereocenters. The number of rotatable bonds is 6. The molecule has 0 aromatic heterocycles. The van der Waals surface area contributed by atoms with Crippen molar-refractivity contribution in [3.8, 4) is 0 Å². The summed E-state index contributed by atoms with van der Waals surface area (Å²) in [5, 5.41) is 0. The van der Waals surface area contributed by atoms with Crippen molar-refractivity contribution in [2.24, 2.45) is 5.92 Å². The number of nitrogens with two attached hydrogens (primary N) is 2.